The van der Waals surface area contributed by atoms with Gasteiger partial charge in [-0.15, -0.1) is 0 Å². The Labute approximate surface area is 147 Å². The molecule has 5 nitrogen and oxygen atoms in total. The first-order chi connectivity index (χ1) is 12.2. The van der Waals surface area contributed by atoms with Crippen LogP contribution in [0.4, 0.5) is 0 Å². The van der Waals surface area contributed by atoms with Crippen molar-refractivity contribution in [2.75, 3.05) is 6.54 Å². The van der Waals surface area contributed by atoms with E-state index < -0.39 is 0 Å². The molecule has 0 bridgehead atoms. The first-order valence-electron chi connectivity index (χ1n) is 8.75. The van der Waals surface area contributed by atoms with Crippen molar-refractivity contribution in [3.05, 3.63) is 65.6 Å². The molecule has 0 radical (unpaired) electrons. The standard InChI is InChI=1S/C20H22N4O/c1-14(2)20-22-11-16-13-24(8-7-17(16)23-20)12-15-5-6-18(21-10-15)19-4-3-9-25-19/h3-6,9-11,14H,7-8,12-13H2,1-2H3. The average molecular weight is 334 g/mol. The summed E-state index contributed by atoms with van der Waals surface area (Å²) in [6.45, 7) is 7.07. The van der Waals surface area contributed by atoms with Gasteiger partial charge < -0.3 is 4.42 Å². The van der Waals surface area contributed by atoms with Crippen molar-refractivity contribution in [1.82, 2.24) is 19.9 Å². The molecule has 0 N–H and O–H groups in total. The van der Waals surface area contributed by atoms with Gasteiger partial charge in [0, 0.05) is 55.6 Å². The van der Waals surface area contributed by atoms with Crippen LogP contribution in [0.5, 0.6) is 0 Å². The third-order valence-electron chi connectivity index (χ3n) is 4.55. The first kappa shape index (κ1) is 16.0. The summed E-state index contributed by atoms with van der Waals surface area (Å²) in [5.41, 5.74) is 4.53. The van der Waals surface area contributed by atoms with Gasteiger partial charge in [-0.3, -0.25) is 9.88 Å². The highest BCUT2D eigenvalue weighted by atomic mass is 16.3. The zero-order valence-corrected chi connectivity index (χ0v) is 14.6. The molecule has 4 rings (SSSR count). The lowest BCUT2D eigenvalue weighted by atomic mass is 10.1. The molecule has 0 unspecified atom stereocenters. The van der Waals surface area contributed by atoms with Crippen LogP contribution in [0, 0.1) is 0 Å². The highest BCUT2D eigenvalue weighted by molar-refractivity contribution is 5.51. The van der Waals surface area contributed by atoms with Crippen LogP contribution in [0.25, 0.3) is 11.5 Å². The minimum atomic E-state index is 0.377. The Kier molecular flexibility index (Phi) is 4.32. The molecule has 0 amide bonds. The molecule has 128 valence electrons. The number of fused-ring (bicyclic) bond motifs is 1. The van der Waals surface area contributed by atoms with E-state index in [0.717, 1.165) is 43.3 Å². The third-order valence-corrected chi connectivity index (χ3v) is 4.55. The highest BCUT2D eigenvalue weighted by Gasteiger charge is 2.19. The van der Waals surface area contributed by atoms with Gasteiger partial charge in [-0.25, -0.2) is 9.97 Å². The molecule has 0 spiro atoms. The van der Waals surface area contributed by atoms with Crippen LogP contribution >= 0.6 is 0 Å². The Morgan fingerprint density at radius 2 is 2.08 bits per heavy atom. The molecule has 0 aromatic carbocycles. The summed E-state index contributed by atoms with van der Waals surface area (Å²) in [6, 6.07) is 7.95. The van der Waals surface area contributed by atoms with Crippen LogP contribution in [-0.2, 0) is 19.5 Å². The Hall–Kier alpha value is -2.53. The van der Waals surface area contributed by atoms with Crippen molar-refractivity contribution in [3.8, 4) is 11.5 Å². The van der Waals surface area contributed by atoms with Gasteiger partial charge in [-0.2, -0.15) is 0 Å². The van der Waals surface area contributed by atoms with E-state index in [2.05, 4.69) is 34.8 Å². The second-order valence-electron chi connectivity index (χ2n) is 6.84. The summed E-state index contributed by atoms with van der Waals surface area (Å²) < 4.78 is 5.39. The lowest BCUT2D eigenvalue weighted by molar-refractivity contribution is 0.242. The topological polar surface area (TPSA) is 55.1 Å². The van der Waals surface area contributed by atoms with Gasteiger partial charge >= 0.3 is 0 Å². The van der Waals surface area contributed by atoms with E-state index in [1.165, 1.54) is 16.8 Å². The second-order valence-corrected chi connectivity index (χ2v) is 6.84. The van der Waals surface area contributed by atoms with E-state index >= 15 is 0 Å². The summed E-state index contributed by atoms with van der Waals surface area (Å²) in [7, 11) is 0. The van der Waals surface area contributed by atoms with E-state index in [9.17, 15) is 0 Å². The molecule has 0 atom stereocenters. The van der Waals surface area contributed by atoms with Crippen molar-refractivity contribution in [1.29, 1.82) is 0 Å². The predicted octanol–water partition coefficient (Wildman–Crippen LogP) is 3.81. The van der Waals surface area contributed by atoms with E-state index in [1.54, 1.807) is 6.26 Å². The zero-order chi connectivity index (χ0) is 17.2. The molecule has 3 aromatic heterocycles. The van der Waals surface area contributed by atoms with E-state index in [0.29, 0.717) is 5.92 Å². The molecule has 4 heterocycles. The molecule has 1 aliphatic heterocycles. The Bertz CT molecular complexity index is 841. The maximum Gasteiger partial charge on any atom is 0.152 e. The Morgan fingerprint density at radius 3 is 2.80 bits per heavy atom. The molecule has 0 saturated carbocycles. The van der Waals surface area contributed by atoms with Crippen molar-refractivity contribution in [2.24, 2.45) is 0 Å². The van der Waals surface area contributed by atoms with Crippen molar-refractivity contribution >= 4 is 0 Å². The minimum Gasteiger partial charge on any atom is -0.463 e. The van der Waals surface area contributed by atoms with Gasteiger partial charge in [0.15, 0.2) is 5.76 Å². The average Bonchev–Trinajstić information content (AvgIpc) is 3.16. The van der Waals surface area contributed by atoms with E-state index in [-0.39, 0.29) is 0 Å². The van der Waals surface area contributed by atoms with E-state index in [1.807, 2.05) is 30.6 Å². The predicted molar refractivity (Wildman–Crippen MR) is 95.9 cm³/mol. The van der Waals surface area contributed by atoms with Crippen LogP contribution in [-0.4, -0.2) is 26.4 Å². The lowest BCUT2D eigenvalue weighted by Gasteiger charge is -2.28. The number of aromatic nitrogens is 3. The maximum atomic E-state index is 5.39. The number of rotatable bonds is 4. The van der Waals surface area contributed by atoms with Gasteiger partial charge in [0.05, 0.1) is 6.26 Å². The number of furan rings is 1. The number of hydrogen-bond acceptors (Lipinski definition) is 5. The molecular formula is C20H22N4O. The van der Waals surface area contributed by atoms with Gasteiger partial charge in [0.25, 0.3) is 0 Å². The van der Waals surface area contributed by atoms with Crippen molar-refractivity contribution in [3.63, 3.8) is 0 Å². The van der Waals surface area contributed by atoms with Crippen molar-refractivity contribution in [2.45, 2.75) is 39.3 Å². The van der Waals surface area contributed by atoms with Gasteiger partial charge in [-0.05, 0) is 23.8 Å². The van der Waals surface area contributed by atoms with Gasteiger partial charge in [0.2, 0.25) is 0 Å². The highest BCUT2D eigenvalue weighted by Crippen LogP contribution is 2.21. The fourth-order valence-electron chi connectivity index (χ4n) is 3.15. The summed E-state index contributed by atoms with van der Waals surface area (Å²) in [5, 5.41) is 0. The lowest BCUT2D eigenvalue weighted by Crippen LogP contribution is -2.31. The Balaban J connectivity index is 1.44. The fourth-order valence-corrected chi connectivity index (χ4v) is 3.15. The molecule has 3 aromatic rings. The summed E-state index contributed by atoms with van der Waals surface area (Å²) in [5.74, 6) is 2.13. The fraction of sp³-hybridized carbons (Fsp3) is 0.350. The monoisotopic (exact) mass is 334 g/mol. The quantitative estimate of drug-likeness (QED) is 0.726. The molecule has 0 fully saturated rings. The SMILES string of the molecule is CC(C)c1ncc2c(n1)CCN(Cc1ccc(-c3ccco3)nc1)C2. The van der Waals surface area contributed by atoms with E-state index in [4.69, 9.17) is 9.40 Å². The minimum absolute atomic E-state index is 0.377. The van der Waals surface area contributed by atoms with Crippen LogP contribution in [0.3, 0.4) is 0 Å². The molecule has 0 saturated heterocycles. The van der Waals surface area contributed by atoms with Crippen molar-refractivity contribution < 1.29 is 4.42 Å². The third kappa shape index (κ3) is 3.46. The Morgan fingerprint density at radius 1 is 1.16 bits per heavy atom. The van der Waals surface area contributed by atoms with Crippen LogP contribution in [0.1, 0.15) is 42.4 Å². The normalized spacial score (nSPS) is 14.7. The number of nitrogens with zero attached hydrogens (tertiary/aromatic N) is 4. The molecular weight excluding hydrogens is 312 g/mol. The number of pyridine rings is 1. The molecule has 1 aliphatic rings. The van der Waals surface area contributed by atoms with Gasteiger partial charge in [-0.1, -0.05) is 19.9 Å². The number of hydrogen-bond donors (Lipinski definition) is 0. The summed E-state index contributed by atoms with van der Waals surface area (Å²) in [6.07, 6.45) is 6.59. The van der Waals surface area contributed by atoms with Gasteiger partial charge in [0.1, 0.15) is 11.5 Å². The first-order valence-corrected chi connectivity index (χ1v) is 8.75. The maximum absolute atomic E-state index is 5.39. The summed E-state index contributed by atoms with van der Waals surface area (Å²) in [4.78, 5) is 16.2. The molecule has 0 aliphatic carbocycles. The van der Waals surface area contributed by atoms with Crippen LogP contribution in [0.15, 0.2) is 47.3 Å². The smallest absolute Gasteiger partial charge is 0.152 e. The largest absolute Gasteiger partial charge is 0.463 e. The summed E-state index contributed by atoms with van der Waals surface area (Å²) >= 11 is 0. The molecule has 25 heavy (non-hydrogen) atoms. The van der Waals surface area contributed by atoms with Crippen LogP contribution < -0.4 is 0 Å². The second kappa shape index (κ2) is 6.76. The zero-order valence-electron chi connectivity index (χ0n) is 14.6. The van der Waals surface area contributed by atoms with Crippen LogP contribution in [0.2, 0.25) is 0 Å². The molecule has 5 heteroatoms.